The highest BCUT2D eigenvalue weighted by Crippen LogP contribution is 2.28. The van der Waals surface area contributed by atoms with Gasteiger partial charge in [0.2, 0.25) is 0 Å². The van der Waals surface area contributed by atoms with Gasteiger partial charge < -0.3 is 10.5 Å². The third-order valence-corrected chi connectivity index (χ3v) is 3.51. The molecule has 0 aromatic heterocycles. The normalized spacial score (nSPS) is 12.5. The monoisotopic (exact) mass is 353 g/mol. The summed E-state index contributed by atoms with van der Waals surface area (Å²) in [5, 5.41) is 0.666. The average Bonchev–Trinajstić information content (AvgIpc) is 2.36. The summed E-state index contributed by atoms with van der Waals surface area (Å²) in [5.41, 5.74) is 8.28. The van der Waals surface area contributed by atoms with Crippen LogP contribution in [-0.4, -0.2) is 6.10 Å². The lowest BCUT2D eigenvalue weighted by molar-refractivity contribution is 0.242. The summed E-state index contributed by atoms with van der Waals surface area (Å²) in [6, 6.07) is 13.3. The molecule has 0 saturated carbocycles. The molecular weight excluding hydrogens is 338 g/mol. The number of ether oxygens (including phenoxy) is 1. The van der Waals surface area contributed by atoms with Gasteiger partial charge in [0, 0.05) is 9.50 Å². The molecule has 0 radical (unpaired) electrons. The molecule has 0 aliphatic carbocycles. The van der Waals surface area contributed by atoms with Crippen LogP contribution in [0.15, 0.2) is 46.9 Å². The van der Waals surface area contributed by atoms with Gasteiger partial charge in [-0.1, -0.05) is 39.7 Å². The Hall–Kier alpha value is -1.03. The largest absolute Gasteiger partial charge is 0.491 e. The zero-order valence-corrected chi connectivity index (χ0v) is 13.8. The lowest BCUT2D eigenvalue weighted by Gasteiger charge is -2.16. The molecule has 2 nitrogen and oxygen atoms in total. The second kappa shape index (κ2) is 6.61. The van der Waals surface area contributed by atoms with Crippen LogP contribution in [0.25, 0.3) is 0 Å². The molecule has 2 aromatic rings. The van der Waals surface area contributed by atoms with Crippen molar-refractivity contribution in [2.45, 2.75) is 26.0 Å². The Balaban J connectivity index is 2.30. The molecule has 0 aliphatic heterocycles. The van der Waals surface area contributed by atoms with E-state index in [1.165, 1.54) is 0 Å². The molecular formula is C16H17BrClNO. The Labute approximate surface area is 133 Å². The molecule has 0 amide bonds. The summed E-state index contributed by atoms with van der Waals surface area (Å²) in [5.74, 6) is 0.828. The predicted molar refractivity (Wildman–Crippen MR) is 87.4 cm³/mol. The third kappa shape index (κ3) is 3.98. The maximum atomic E-state index is 6.32. The van der Waals surface area contributed by atoms with Crippen molar-refractivity contribution in [3.05, 3.63) is 63.1 Å². The Morgan fingerprint density at radius 3 is 2.50 bits per heavy atom. The van der Waals surface area contributed by atoms with E-state index in [1.807, 2.05) is 56.3 Å². The van der Waals surface area contributed by atoms with E-state index in [0.29, 0.717) is 5.02 Å². The highest BCUT2D eigenvalue weighted by atomic mass is 79.9. The molecule has 2 aromatic carbocycles. The van der Waals surface area contributed by atoms with E-state index in [2.05, 4.69) is 15.9 Å². The fraction of sp³-hybridized carbons (Fsp3) is 0.250. The molecule has 1 unspecified atom stereocenters. The van der Waals surface area contributed by atoms with Gasteiger partial charge in [0.05, 0.1) is 12.1 Å². The molecule has 0 heterocycles. The van der Waals surface area contributed by atoms with E-state index in [-0.39, 0.29) is 12.1 Å². The lowest BCUT2D eigenvalue weighted by atomic mass is 9.99. The van der Waals surface area contributed by atoms with Crippen molar-refractivity contribution in [3.8, 4) is 5.75 Å². The lowest BCUT2D eigenvalue weighted by Crippen LogP contribution is -2.12. The molecule has 4 heteroatoms. The van der Waals surface area contributed by atoms with Gasteiger partial charge in [-0.05, 0) is 55.3 Å². The maximum Gasteiger partial charge on any atom is 0.120 e. The number of benzene rings is 2. The van der Waals surface area contributed by atoms with Crippen LogP contribution in [0.5, 0.6) is 5.75 Å². The first kappa shape index (κ1) is 15.4. The predicted octanol–water partition coefficient (Wildman–Crippen LogP) is 4.94. The van der Waals surface area contributed by atoms with Crippen molar-refractivity contribution in [3.63, 3.8) is 0 Å². The zero-order chi connectivity index (χ0) is 14.7. The topological polar surface area (TPSA) is 35.2 Å². The minimum absolute atomic E-state index is 0.141. The Kier molecular flexibility index (Phi) is 5.08. The standard InChI is InChI=1S/C16H17BrClNO/c1-10(2)20-15-5-3-4-11(8-15)16(19)12-6-13(17)9-14(18)7-12/h3-10,16H,19H2,1-2H3. The zero-order valence-electron chi connectivity index (χ0n) is 11.4. The van der Waals surface area contributed by atoms with Crippen LogP contribution >= 0.6 is 27.5 Å². The number of hydrogen-bond donors (Lipinski definition) is 1. The SMILES string of the molecule is CC(C)Oc1cccc(C(N)c2cc(Cl)cc(Br)c2)c1. The van der Waals surface area contributed by atoms with Crippen molar-refractivity contribution >= 4 is 27.5 Å². The van der Waals surface area contributed by atoms with Crippen LogP contribution in [0.4, 0.5) is 0 Å². The first-order chi connectivity index (χ1) is 9.45. The summed E-state index contributed by atoms with van der Waals surface area (Å²) in [7, 11) is 0. The highest BCUT2D eigenvalue weighted by Gasteiger charge is 2.11. The number of hydrogen-bond acceptors (Lipinski definition) is 2. The summed E-state index contributed by atoms with van der Waals surface area (Å²) in [6.07, 6.45) is 0.141. The van der Waals surface area contributed by atoms with Gasteiger partial charge in [-0.3, -0.25) is 0 Å². The van der Waals surface area contributed by atoms with Gasteiger partial charge >= 0.3 is 0 Å². The number of rotatable bonds is 4. The second-order valence-electron chi connectivity index (χ2n) is 4.92. The van der Waals surface area contributed by atoms with Gasteiger partial charge in [0.1, 0.15) is 5.75 Å². The van der Waals surface area contributed by atoms with Crippen molar-refractivity contribution in [1.82, 2.24) is 0 Å². The van der Waals surface area contributed by atoms with Crippen LogP contribution in [0, 0.1) is 0 Å². The minimum atomic E-state index is -0.235. The summed E-state index contributed by atoms with van der Waals surface area (Å²) in [6.45, 7) is 4.00. The van der Waals surface area contributed by atoms with Crippen molar-refractivity contribution in [2.75, 3.05) is 0 Å². The fourth-order valence-electron chi connectivity index (χ4n) is 2.00. The van der Waals surface area contributed by atoms with Gasteiger partial charge in [-0.2, -0.15) is 0 Å². The molecule has 0 spiro atoms. The van der Waals surface area contributed by atoms with E-state index in [0.717, 1.165) is 21.3 Å². The van der Waals surface area contributed by atoms with E-state index in [4.69, 9.17) is 22.1 Å². The van der Waals surface area contributed by atoms with Crippen LogP contribution in [0.2, 0.25) is 5.02 Å². The number of halogens is 2. The van der Waals surface area contributed by atoms with Gasteiger partial charge in [0.15, 0.2) is 0 Å². The van der Waals surface area contributed by atoms with Gasteiger partial charge in [0.25, 0.3) is 0 Å². The Morgan fingerprint density at radius 2 is 1.85 bits per heavy atom. The van der Waals surface area contributed by atoms with E-state index in [1.54, 1.807) is 0 Å². The first-order valence-electron chi connectivity index (χ1n) is 6.44. The van der Waals surface area contributed by atoms with Crippen molar-refractivity contribution in [1.29, 1.82) is 0 Å². The molecule has 2 rings (SSSR count). The van der Waals surface area contributed by atoms with Crippen LogP contribution < -0.4 is 10.5 Å². The molecule has 0 bridgehead atoms. The molecule has 2 N–H and O–H groups in total. The van der Waals surface area contributed by atoms with Gasteiger partial charge in [-0.25, -0.2) is 0 Å². The van der Waals surface area contributed by atoms with Crippen LogP contribution in [-0.2, 0) is 0 Å². The summed E-state index contributed by atoms with van der Waals surface area (Å²) in [4.78, 5) is 0. The average molecular weight is 355 g/mol. The molecule has 0 fully saturated rings. The van der Waals surface area contributed by atoms with Gasteiger partial charge in [-0.15, -0.1) is 0 Å². The summed E-state index contributed by atoms with van der Waals surface area (Å²) < 4.78 is 6.62. The van der Waals surface area contributed by atoms with Crippen LogP contribution in [0.1, 0.15) is 31.0 Å². The third-order valence-electron chi connectivity index (χ3n) is 2.83. The molecule has 20 heavy (non-hydrogen) atoms. The van der Waals surface area contributed by atoms with Crippen molar-refractivity contribution in [2.24, 2.45) is 5.73 Å². The molecule has 1 atom stereocenters. The maximum absolute atomic E-state index is 6.32. The van der Waals surface area contributed by atoms with Crippen LogP contribution in [0.3, 0.4) is 0 Å². The van der Waals surface area contributed by atoms with E-state index in [9.17, 15) is 0 Å². The quantitative estimate of drug-likeness (QED) is 0.844. The summed E-state index contributed by atoms with van der Waals surface area (Å²) >= 11 is 9.51. The fourth-order valence-corrected chi connectivity index (χ4v) is 2.89. The van der Waals surface area contributed by atoms with E-state index < -0.39 is 0 Å². The molecule has 0 aliphatic rings. The van der Waals surface area contributed by atoms with Crippen molar-refractivity contribution < 1.29 is 4.74 Å². The Morgan fingerprint density at radius 1 is 1.10 bits per heavy atom. The highest BCUT2D eigenvalue weighted by molar-refractivity contribution is 9.10. The minimum Gasteiger partial charge on any atom is -0.491 e. The first-order valence-corrected chi connectivity index (χ1v) is 7.61. The Bertz CT molecular complexity index is 581. The van der Waals surface area contributed by atoms with E-state index >= 15 is 0 Å². The smallest absolute Gasteiger partial charge is 0.120 e. The second-order valence-corrected chi connectivity index (χ2v) is 6.27. The molecule has 0 saturated heterocycles. The molecule has 106 valence electrons. The number of nitrogens with two attached hydrogens (primary N) is 1.